The van der Waals surface area contributed by atoms with Crippen LogP contribution >= 0.6 is 11.3 Å². The molecule has 2 aromatic heterocycles. The predicted molar refractivity (Wildman–Crippen MR) is 90.5 cm³/mol. The van der Waals surface area contributed by atoms with Gasteiger partial charge in [-0.1, -0.05) is 12.1 Å². The fourth-order valence-corrected chi connectivity index (χ4v) is 4.59. The molecule has 3 aromatic rings. The van der Waals surface area contributed by atoms with Crippen molar-refractivity contribution < 1.29 is 4.42 Å². The molecule has 1 atom stereocenters. The monoisotopic (exact) mass is 325 g/mol. The molecule has 2 aliphatic rings. The first-order valence-electron chi connectivity index (χ1n) is 8.41. The average Bonchev–Trinajstić information content (AvgIpc) is 3.00. The van der Waals surface area contributed by atoms with Crippen molar-refractivity contribution >= 4 is 21.6 Å². The number of para-hydroxylation sites is 1. The predicted octanol–water partition coefficient (Wildman–Crippen LogP) is 4.50. The van der Waals surface area contributed by atoms with Crippen LogP contribution in [-0.2, 0) is 6.54 Å². The molecular weight excluding hydrogens is 306 g/mol. The van der Waals surface area contributed by atoms with E-state index in [-0.39, 0.29) is 0 Å². The topological polar surface area (TPSA) is 42.2 Å². The molecule has 1 aliphatic carbocycles. The lowest BCUT2D eigenvalue weighted by Gasteiger charge is -2.20. The molecule has 1 saturated heterocycles. The van der Waals surface area contributed by atoms with Gasteiger partial charge in [0.25, 0.3) is 0 Å². The number of thiazole rings is 1. The van der Waals surface area contributed by atoms with E-state index in [0.29, 0.717) is 12.0 Å². The summed E-state index contributed by atoms with van der Waals surface area (Å²) in [5.41, 5.74) is 1.12. The second-order valence-electron chi connectivity index (χ2n) is 6.58. The molecule has 1 saturated carbocycles. The van der Waals surface area contributed by atoms with Gasteiger partial charge in [-0.3, -0.25) is 4.90 Å². The van der Waals surface area contributed by atoms with E-state index >= 15 is 0 Å². The van der Waals surface area contributed by atoms with Crippen molar-refractivity contribution in [1.29, 1.82) is 0 Å². The summed E-state index contributed by atoms with van der Waals surface area (Å²) in [4.78, 5) is 11.8. The maximum absolute atomic E-state index is 5.94. The molecule has 5 rings (SSSR count). The van der Waals surface area contributed by atoms with Crippen LogP contribution in [0.2, 0.25) is 0 Å². The molecular formula is C18H19N3OS. The number of fused-ring (bicyclic) bond motifs is 1. The Labute approximate surface area is 139 Å². The Morgan fingerprint density at radius 1 is 1.22 bits per heavy atom. The summed E-state index contributed by atoms with van der Waals surface area (Å²) in [6.45, 7) is 1.90. The van der Waals surface area contributed by atoms with Gasteiger partial charge in [0.2, 0.25) is 5.89 Å². The zero-order chi connectivity index (χ0) is 15.2. The molecule has 0 bridgehead atoms. The molecule has 0 amide bonds. The zero-order valence-corrected chi connectivity index (χ0v) is 13.8. The van der Waals surface area contributed by atoms with Gasteiger partial charge in [0.05, 0.1) is 29.0 Å². The smallest absolute Gasteiger partial charge is 0.208 e. The third-order valence-corrected chi connectivity index (χ3v) is 5.99. The van der Waals surface area contributed by atoms with E-state index < -0.39 is 0 Å². The zero-order valence-electron chi connectivity index (χ0n) is 12.9. The summed E-state index contributed by atoms with van der Waals surface area (Å²) in [7, 11) is 0. The molecule has 1 aliphatic heterocycles. The number of oxazole rings is 1. The maximum Gasteiger partial charge on any atom is 0.208 e. The minimum absolute atomic E-state index is 0.406. The summed E-state index contributed by atoms with van der Waals surface area (Å²) in [5, 5.41) is 1.23. The molecule has 0 N–H and O–H groups in total. The highest BCUT2D eigenvalue weighted by Crippen LogP contribution is 2.41. The van der Waals surface area contributed by atoms with E-state index in [1.807, 2.05) is 17.5 Å². The quantitative estimate of drug-likeness (QED) is 0.708. The summed E-state index contributed by atoms with van der Waals surface area (Å²) in [5.74, 6) is 2.57. The number of likely N-dealkylation sites (tertiary alicyclic amines) is 1. The highest BCUT2D eigenvalue weighted by Gasteiger charge is 2.31. The van der Waals surface area contributed by atoms with Gasteiger partial charge < -0.3 is 4.42 Å². The van der Waals surface area contributed by atoms with Crippen LogP contribution in [0.25, 0.3) is 10.2 Å². The Hall–Kier alpha value is -1.72. The number of hydrogen-bond donors (Lipinski definition) is 0. The minimum atomic E-state index is 0.406. The normalized spacial score (nSPS) is 22.2. The van der Waals surface area contributed by atoms with Gasteiger partial charge in [-0.25, -0.2) is 9.97 Å². The summed E-state index contributed by atoms with van der Waals surface area (Å²) >= 11 is 1.83. The van der Waals surface area contributed by atoms with E-state index in [1.165, 1.54) is 35.4 Å². The number of hydrogen-bond acceptors (Lipinski definition) is 5. The van der Waals surface area contributed by atoms with Gasteiger partial charge in [0.15, 0.2) is 0 Å². The van der Waals surface area contributed by atoms with Crippen molar-refractivity contribution in [2.75, 3.05) is 6.54 Å². The van der Waals surface area contributed by atoms with Gasteiger partial charge in [-0.15, -0.1) is 11.3 Å². The van der Waals surface area contributed by atoms with Crippen LogP contribution in [0.1, 0.15) is 54.3 Å². The van der Waals surface area contributed by atoms with Crippen molar-refractivity contribution in [3.05, 3.63) is 47.1 Å². The Morgan fingerprint density at radius 2 is 2.13 bits per heavy atom. The maximum atomic E-state index is 5.94. The molecule has 0 spiro atoms. The van der Waals surface area contributed by atoms with Gasteiger partial charge in [0, 0.05) is 5.92 Å². The lowest BCUT2D eigenvalue weighted by molar-refractivity contribution is 0.221. The highest BCUT2D eigenvalue weighted by atomic mass is 32.1. The molecule has 23 heavy (non-hydrogen) atoms. The largest absolute Gasteiger partial charge is 0.444 e. The average molecular weight is 325 g/mol. The summed E-state index contributed by atoms with van der Waals surface area (Å²) in [6.07, 6.45) is 6.84. The number of aromatic nitrogens is 2. The lowest BCUT2D eigenvalue weighted by Crippen LogP contribution is -2.22. The molecule has 2 fully saturated rings. The van der Waals surface area contributed by atoms with Crippen LogP contribution in [0.15, 0.2) is 34.9 Å². The van der Waals surface area contributed by atoms with E-state index in [1.54, 1.807) is 0 Å². The van der Waals surface area contributed by atoms with Gasteiger partial charge >= 0.3 is 0 Å². The van der Waals surface area contributed by atoms with Crippen molar-refractivity contribution in [3.8, 4) is 0 Å². The first-order chi connectivity index (χ1) is 11.4. The van der Waals surface area contributed by atoms with E-state index in [2.05, 4.69) is 34.1 Å². The fraction of sp³-hybridized carbons (Fsp3) is 0.444. The Morgan fingerprint density at radius 3 is 3.00 bits per heavy atom. The van der Waals surface area contributed by atoms with E-state index in [4.69, 9.17) is 9.40 Å². The molecule has 0 unspecified atom stereocenters. The lowest BCUT2D eigenvalue weighted by atomic mass is 10.2. The van der Waals surface area contributed by atoms with E-state index in [0.717, 1.165) is 30.3 Å². The number of benzene rings is 1. The first kappa shape index (κ1) is 13.7. The Bertz CT molecular complexity index is 803. The molecule has 4 nitrogen and oxygen atoms in total. The van der Waals surface area contributed by atoms with Crippen LogP contribution in [-0.4, -0.2) is 21.4 Å². The fourth-order valence-electron chi connectivity index (χ4n) is 3.46. The van der Waals surface area contributed by atoms with Crippen LogP contribution in [0.4, 0.5) is 0 Å². The van der Waals surface area contributed by atoms with Crippen molar-refractivity contribution in [2.24, 2.45) is 0 Å². The van der Waals surface area contributed by atoms with Crippen LogP contribution in [0.3, 0.4) is 0 Å². The molecule has 3 heterocycles. The summed E-state index contributed by atoms with van der Waals surface area (Å²) < 4.78 is 7.22. The van der Waals surface area contributed by atoms with Crippen LogP contribution < -0.4 is 0 Å². The SMILES string of the molecule is c1ccc2sc([C@H]3CCCN3Cc3ncc(C4CC4)o3)nc2c1. The number of nitrogens with zero attached hydrogens (tertiary/aromatic N) is 3. The van der Waals surface area contributed by atoms with Crippen LogP contribution in [0, 0.1) is 0 Å². The first-order valence-corrected chi connectivity index (χ1v) is 9.22. The Kier molecular flexibility index (Phi) is 3.23. The van der Waals surface area contributed by atoms with Gasteiger partial charge in [0.1, 0.15) is 10.8 Å². The molecule has 118 valence electrons. The minimum Gasteiger partial charge on any atom is -0.444 e. The van der Waals surface area contributed by atoms with Crippen molar-refractivity contribution in [2.45, 2.75) is 44.2 Å². The van der Waals surface area contributed by atoms with Gasteiger partial charge in [-0.2, -0.15) is 0 Å². The molecule has 5 heteroatoms. The van der Waals surface area contributed by atoms with Crippen molar-refractivity contribution in [1.82, 2.24) is 14.9 Å². The Balaban J connectivity index is 1.38. The second kappa shape index (κ2) is 5.42. The second-order valence-corrected chi connectivity index (χ2v) is 7.64. The van der Waals surface area contributed by atoms with Gasteiger partial charge in [-0.05, 0) is 44.4 Å². The third-order valence-electron chi connectivity index (χ3n) is 4.85. The third kappa shape index (κ3) is 2.58. The molecule has 0 radical (unpaired) electrons. The molecule has 1 aromatic carbocycles. The highest BCUT2D eigenvalue weighted by molar-refractivity contribution is 7.18. The number of rotatable bonds is 4. The van der Waals surface area contributed by atoms with Crippen molar-refractivity contribution in [3.63, 3.8) is 0 Å². The summed E-state index contributed by atoms with van der Waals surface area (Å²) in [6, 6.07) is 8.81. The van der Waals surface area contributed by atoms with Crippen LogP contribution in [0.5, 0.6) is 0 Å². The standard InChI is InChI=1S/C18H19N3OS/c1-2-6-16-13(4-1)20-18(23-16)14-5-3-9-21(14)11-17-19-10-15(22-17)12-7-8-12/h1-2,4,6,10,12,14H,3,5,7-9,11H2/t14-/m1/s1. The van der Waals surface area contributed by atoms with E-state index in [9.17, 15) is 0 Å².